The lowest BCUT2D eigenvalue weighted by atomic mass is 10.1. The number of carbonyl (C=O) groups is 4. The standard InChI is InChI=1S/C20H26N2O5S2/c1-4-27-20(26)16-13-8-6-5-7-9-14(13)29-17(16)21-15(23)10-22-18(24)11(2)28-12(3)19(22)25/h11-12H,4-10H2,1-3H3,(H,21,23). The van der Waals surface area contributed by atoms with E-state index in [4.69, 9.17) is 4.74 Å². The maximum atomic E-state index is 12.7. The molecule has 0 saturated carbocycles. The molecule has 1 N–H and O–H groups in total. The number of imide groups is 1. The number of hydrogen-bond donors (Lipinski definition) is 1. The number of ether oxygens (including phenoxy) is 1. The van der Waals surface area contributed by atoms with Crippen LogP contribution in [-0.2, 0) is 32.0 Å². The van der Waals surface area contributed by atoms with Gasteiger partial charge in [-0.05, 0) is 52.0 Å². The number of nitrogens with one attached hydrogen (secondary N) is 1. The minimum Gasteiger partial charge on any atom is -0.462 e. The molecular weight excluding hydrogens is 412 g/mol. The van der Waals surface area contributed by atoms with Gasteiger partial charge in [-0.25, -0.2) is 4.79 Å². The summed E-state index contributed by atoms with van der Waals surface area (Å²) in [6, 6.07) is 0. The molecule has 158 valence electrons. The number of thioether (sulfide) groups is 1. The molecule has 2 atom stereocenters. The van der Waals surface area contributed by atoms with E-state index in [-0.39, 0.29) is 35.5 Å². The van der Waals surface area contributed by atoms with E-state index < -0.39 is 11.9 Å². The fourth-order valence-electron chi connectivity index (χ4n) is 3.69. The molecule has 0 radical (unpaired) electrons. The maximum absolute atomic E-state index is 12.7. The van der Waals surface area contributed by atoms with Gasteiger partial charge in [0.1, 0.15) is 11.5 Å². The van der Waals surface area contributed by atoms with Crippen molar-refractivity contribution in [1.82, 2.24) is 4.90 Å². The van der Waals surface area contributed by atoms with E-state index in [0.29, 0.717) is 10.6 Å². The fraction of sp³-hybridized carbons (Fsp3) is 0.600. The van der Waals surface area contributed by atoms with Gasteiger partial charge >= 0.3 is 5.97 Å². The van der Waals surface area contributed by atoms with Gasteiger partial charge in [0.15, 0.2) is 0 Å². The predicted octanol–water partition coefficient (Wildman–Crippen LogP) is 3.01. The van der Waals surface area contributed by atoms with Crippen molar-refractivity contribution in [2.24, 2.45) is 0 Å². The molecule has 0 aromatic carbocycles. The van der Waals surface area contributed by atoms with Crippen LogP contribution in [-0.4, -0.2) is 52.2 Å². The number of carbonyl (C=O) groups excluding carboxylic acids is 4. The van der Waals surface area contributed by atoms with Gasteiger partial charge in [0.05, 0.1) is 22.7 Å². The molecular formula is C20H26N2O5S2. The maximum Gasteiger partial charge on any atom is 0.341 e. The number of aryl methyl sites for hydroxylation is 1. The Morgan fingerprint density at radius 2 is 1.76 bits per heavy atom. The number of anilines is 1. The Bertz CT molecular complexity index is 815. The van der Waals surface area contributed by atoms with E-state index >= 15 is 0 Å². The van der Waals surface area contributed by atoms with Crippen molar-refractivity contribution in [2.75, 3.05) is 18.5 Å². The Labute approximate surface area is 178 Å². The van der Waals surface area contributed by atoms with Crippen LogP contribution in [0.1, 0.15) is 60.8 Å². The molecule has 2 aliphatic rings. The lowest BCUT2D eigenvalue weighted by Crippen LogP contribution is -2.52. The molecule has 1 aromatic rings. The average molecular weight is 439 g/mol. The molecule has 3 rings (SSSR count). The topological polar surface area (TPSA) is 92.8 Å². The highest BCUT2D eigenvalue weighted by atomic mass is 32.2. The first kappa shape index (κ1) is 21.8. The molecule has 2 unspecified atom stereocenters. The van der Waals surface area contributed by atoms with Gasteiger partial charge in [-0.2, -0.15) is 0 Å². The minimum atomic E-state index is -0.486. The summed E-state index contributed by atoms with van der Waals surface area (Å²) in [6.07, 6.45) is 4.81. The zero-order chi connectivity index (χ0) is 21.1. The molecule has 1 aromatic heterocycles. The highest BCUT2D eigenvalue weighted by Crippen LogP contribution is 2.38. The predicted molar refractivity (Wildman–Crippen MR) is 113 cm³/mol. The Balaban J connectivity index is 1.82. The molecule has 1 fully saturated rings. The first-order valence-corrected chi connectivity index (χ1v) is 11.7. The number of rotatable bonds is 5. The van der Waals surface area contributed by atoms with E-state index in [0.717, 1.165) is 47.4 Å². The number of amides is 3. The zero-order valence-corrected chi connectivity index (χ0v) is 18.5. The summed E-state index contributed by atoms with van der Waals surface area (Å²) in [7, 11) is 0. The zero-order valence-electron chi connectivity index (χ0n) is 16.9. The SMILES string of the molecule is CCOC(=O)c1c(NC(=O)CN2C(=O)C(C)SC(C)C2=O)sc2c1CCCCC2. The van der Waals surface area contributed by atoms with E-state index in [9.17, 15) is 19.2 Å². The van der Waals surface area contributed by atoms with E-state index in [2.05, 4.69) is 5.32 Å². The lowest BCUT2D eigenvalue weighted by Gasteiger charge is -2.31. The number of esters is 1. The molecule has 1 aliphatic heterocycles. The third kappa shape index (κ3) is 4.66. The van der Waals surface area contributed by atoms with Crippen molar-refractivity contribution in [2.45, 2.75) is 63.4 Å². The van der Waals surface area contributed by atoms with Gasteiger partial charge in [0, 0.05) is 4.88 Å². The molecule has 9 heteroatoms. The van der Waals surface area contributed by atoms with Crippen molar-refractivity contribution in [1.29, 1.82) is 0 Å². The first-order valence-electron chi connectivity index (χ1n) is 9.95. The summed E-state index contributed by atoms with van der Waals surface area (Å²) in [5.41, 5.74) is 1.39. The van der Waals surface area contributed by atoms with Crippen molar-refractivity contribution in [3.05, 3.63) is 16.0 Å². The second-order valence-electron chi connectivity index (χ2n) is 7.22. The van der Waals surface area contributed by atoms with Gasteiger partial charge in [0.2, 0.25) is 17.7 Å². The average Bonchev–Trinajstić information content (AvgIpc) is 2.84. The second kappa shape index (κ2) is 9.30. The van der Waals surface area contributed by atoms with Gasteiger partial charge in [-0.15, -0.1) is 23.1 Å². The van der Waals surface area contributed by atoms with Crippen molar-refractivity contribution >= 4 is 51.8 Å². The number of hydrogen-bond acceptors (Lipinski definition) is 7. The Kier molecular flexibility index (Phi) is 7.00. The Morgan fingerprint density at radius 3 is 2.41 bits per heavy atom. The molecule has 0 bridgehead atoms. The third-order valence-corrected chi connectivity index (χ3v) is 7.52. The smallest absolute Gasteiger partial charge is 0.341 e. The van der Waals surface area contributed by atoms with Gasteiger partial charge < -0.3 is 10.1 Å². The normalized spacial score (nSPS) is 22.1. The molecule has 1 aliphatic carbocycles. The van der Waals surface area contributed by atoms with Crippen LogP contribution in [0.2, 0.25) is 0 Å². The second-order valence-corrected chi connectivity index (χ2v) is 10.0. The molecule has 0 spiro atoms. The van der Waals surface area contributed by atoms with Gasteiger partial charge in [-0.1, -0.05) is 6.42 Å². The van der Waals surface area contributed by atoms with Gasteiger partial charge in [0.25, 0.3) is 0 Å². The van der Waals surface area contributed by atoms with Crippen molar-refractivity contribution < 1.29 is 23.9 Å². The summed E-state index contributed by atoms with van der Waals surface area (Å²) in [5.74, 6) is -1.65. The lowest BCUT2D eigenvalue weighted by molar-refractivity contribution is -0.147. The number of nitrogens with zero attached hydrogens (tertiary/aromatic N) is 1. The monoisotopic (exact) mass is 438 g/mol. The highest BCUT2D eigenvalue weighted by molar-refractivity contribution is 8.02. The van der Waals surface area contributed by atoms with Crippen molar-refractivity contribution in [3.8, 4) is 0 Å². The van der Waals surface area contributed by atoms with Crippen LogP contribution in [0, 0.1) is 0 Å². The molecule has 7 nitrogen and oxygen atoms in total. The van der Waals surface area contributed by atoms with Crippen LogP contribution in [0.5, 0.6) is 0 Å². The number of thiophene rings is 1. The van der Waals surface area contributed by atoms with Crippen LogP contribution in [0.3, 0.4) is 0 Å². The summed E-state index contributed by atoms with van der Waals surface area (Å²) >= 11 is 2.69. The third-order valence-electron chi connectivity index (χ3n) is 5.09. The molecule has 29 heavy (non-hydrogen) atoms. The quantitative estimate of drug-likeness (QED) is 0.432. The molecule has 3 amide bonds. The van der Waals surface area contributed by atoms with E-state index in [1.807, 2.05) is 0 Å². The molecule has 2 heterocycles. The largest absolute Gasteiger partial charge is 0.462 e. The first-order chi connectivity index (χ1) is 13.8. The summed E-state index contributed by atoms with van der Waals surface area (Å²) in [4.78, 5) is 52.1. The van der Waals surface area contributed by atoms with Gasteiger partial charge in [-0.3, -0.25) is 19.3 Å². The fourth-order valence-corrected chi connectivity index (χ4v) is 6.08. The highest BCUT2D eigenvalue weighted by Gasteiger charge is 2.38. The van der Waals surface area contributed by atoms with E-state index in [1.54, 1.807) is 20.8 Å². The van der Waals surface area contributed by atoms with Crippen LogP contribution in [0.4, 0.5) is 5.00 Å². The van der Waals surface area contributed by atoms with E-state index in [1.165, 1.54) is 23.1 Å². The summed E-state index contributed by atoms with van der Waals surface area (Å²) in [5, 5.41) is 2.48. The van der Waals surface area contributed by atoms with Crippen LogP contribution < -0.4 is 5.32 Å². The summed E-state index contributed by atoms with van der Waals surface area (Å²) < 4.78 is 5.22. The van der Waals surface area contributed by atoms with Crippen LogP contribution >= 0.6 is 23.1 Å². The Hall–Kier alpha value is -1.87. The van der Waals surface area contributed by atoms with Crippen LogP contribution in [0.15, 0.2) is 0 Å². The Morgan fingerprint density at radius 1 is 1.10 bits per heavy atom. The van der Waals surface area contributed by atoms with Crippen molar-refractivity contribution in [3.63, 3.8) is 0 Å². The molecule has 1 saturated heterocycles. The minimum absolute atomic E-state index is 0.251. The number of fused-ring (bicyclic) bond motifs is 1. The van der Waals surface area contributed by atoms with Crippen LogP contribution in [0.25, 0.3) is 0 Å². The summed E-state index contributed by atoms with van der Waals surface area (Å²) in [6.45, 7) is 5.11.